The maximum atomic E-state index is 12.3. The molecule has 5 heteroatoms. The number of anilines is 1. The minimum Gasteiger partial charge on any atom is -0.368 e. The van der Waals surface area contributed by atoms with Crippen molar-refractivity contribution in [1.82, 2.24) is 9.88 Å². The smallest absolute Gasteiger partial charge is 0.295 e. The fraction of sp³-hybridized carbons (Fsp3) is 0.235. The highest BCUT2D eigenvalue weighted by molar-refractivity contribution is 6.42. The summed E-state index contributed by atoms with van der Waals surface area (Å²) in [5, 5.41) is 0. The van der Waals surface area contributed by atoms with E-state index in [1.165, 1.54) is 0 Å². The molecule has 1 aromatic heterocycles. The Labute approximate surface area is 129 Å². The summed E-state index contributed by atoms with van der Waals surface area (Å²) >= 11 is 0. The van der Waals surface area contributed by atoms with Crippen molar-refractivity contribution in [2.24, 2.45) is 0 Å². The van der Waals surface area contributed by atoms with Gasteiger partial charge in [0.25, 0.3) is 5.91 Å². The largest absolute Gasteiger partial charge is 0.368 e. The minimum atomic E-state index is -0.432. The molecule has 0 spiro atoms. The Hall–Kier alpha value is -2.69. The van der Waals surface area contributed by atoms with E-state index in [0.717, 1.165) is 18.8 Å². The Balaban J connectivity index is 1.62. The van der Waals surface area contributed by atoms with E-state index in [0.29, 0.717) is 18.7 Å². The Morgan fingerprint density at radius 1 is 0.864 bits per heavy atom. The first-order valence-electron chi connectivity index (χ1n) is 7.29. The average Bonchev–Trinajstić information content (AvgIpc) is 2.62. The lowest BCUT2D eigenvalue weighted by atomic mass is 10.1. The van der Waals surface area contributed by atoms with Crippen LogP contribution in [0.25, 0.3) is 0 Å². The molecule has 0 radical (unpaired) electrons. The van der Waals surface area contributed by atoms with Crippen molar-refractivity contribution >= 4 is 17.4 Å². The zero-order chi connectivity index (χ0) is 15.4. The number of Topliss-reactive ketones (excluding diaryl/α,β-unsaturated/α-hetero) is 1. The normalized spacial score (nSPS) is 14.7. The number of nitrogens with zero attached hydrogens (tertiary/aromatic N) is 3. The van der Waals surface area contributed by atoms with Gasteiger partial charge in [0.05, 0.1) is 0 Å². The number of piperazine rings is 1. The van der Waals surface area contributed by atoms with E-state index < -0.39 is 11.7 Å². The van der Waals surface area contributed by atoms with Gasteiger partial charge in [-0.1, -0.05) is 30.3 Å². The lowest BCUT2D eigenvalue weighted by molar-refractivity contribution is -0.126. The van der Waals surface area contributed by atoms with Crippen molar-refractivity contribution in [1.29, 1.82) is 0 Å². The zero-order valence-corrected chi connectivity index (χ0v) is 12.2. The lowest BCUT2D eigenvalue weighted by Crippen LogP contribution is -2.50. The fourth-order valence-electron chi connectivity index (χ4n) is 2.58. The summed E-state index contributed by atoms with van der Waals surface area (Å²) < 4.78 is 0. The lowest BCUT2D eigenvalue weighted by Gasteiger charge is -2.35. The maximum absolute atomic E-state index is 12.3. The highest BCUT2D eigenvalue weighted by atomic mass is 16.2. The van der Waals surface area contributed by atoms with Gasteiger partial charge in [-0.15, -0.1) is 0 Å². The van der Waals surface area contributed by atoms with Crippen LogP contribution in [-0.4, -0.2) is 47.8 Å². The molecule has 112 valence electrons. The molecule has 0 aliphatic carbocycles. The molecule has 0 atom stereocenters. The second-order valence-corrected chi connectivity index (χ2v) is 5.18. The van der Waals surface area contributed by atoms with Crippen LogP contribution in [0.15, 0.2) is 54.9 Å². The van der Waals surface area contributed by atoms with Gasteiger partial charge in [-0.2, -0.15) is 0 Å². The number of hydrogen-bond donors (Lipinski definition) is 0. The molecule has 1 amide bonds. The number of amides is 1. The molecule has 0 unspecified atom stereocenters. The Kier molecular flexibility index (Phi) is 4.14. The third-order valence-corrected chi connectivity index (χ3v) is 3.82. The monoisotopic (exact) mass is 295 g/mol. The molecule has 3 rings (SSSR count). The molecule has 5 nitrogen and oxygen atoms in total. The second kappa shape index (κ2) is 6.39. The molecule has 1 aromatic carbocycles. The molecule has 0 N–H and O–H groups in total. The molecule has 0 saturated carbocycles. The number of hydrogen-bond acceptors (Lipinski definition) is 4. The number of carbonyl (C=O) groups is 2. The predicted octanol–water partition coefficient (Wildman–Crippen LogP) is 1.61. The molecule has 2 heterocycles. The van der Waals surface area contributed by atoms with Crippen LogP contribution in [0.4, 0.5) is 5.69 Å². The quantitative estimate of drug-likeness (QED) is 0.638. The van der Waals surface area contributed by atoms with Gasteiger partial charge in [-0.25, -0.2) is 0 Å². The van der Waals surface area contributed by atoms with Crippen LogP contribution >= 0.6 is 0 Å². The first-order valence-corrected chi connectivity index (χ1v) is 7.29. The van der Waals surface area contributed by atoms with E-state index in [9.17, 15) is 9.59 Å². The standard InChI is InChI=1S/C17H17N3O2/c21-16(14-4-2-1-3-5-14)17(22)20-12-10-19(11-13-20)15-6-8-18-9-7-15/h1-9H,10-13H2. The molecule has 1 aliphatic heterocycles. The summed E-state index contributed by atoms with van der Waals surface area (Å²) in [4.78, 5) is 32.3. The van der Waals surface area contributed by atoms with Crippen LogP contribution in [0.5, 0.6) is 0 Å². The number of pyridine rings is 1. The third kappa shape index (κ3) is 2.98. The Bertz CT molecular complexity index is 650. The SMILES string of the molecule is O=C(C(=O)N1CCN(c2ccncc2)CC1)c1ccccc1. The third-order valence-electron chi connectivity index (χ3n) is 3.82. The number of rotatable bonds is 3. The first-order chi connectivity index (χ1) is 10.8. The van der Waals surface area contributed by atoms with Crippen molar-refractivity contribution in [3.05, 3.63) is 60.4 Å². The van der Waals surface area contributed by atoms with Gasteiger partial charge in [-0.05, 0) is 12.1 Å². The molecule has 0 bridgehead atoms. The Morgan fingerprint density at radius 2 is 1.50 bits per heavy atom. The molecular weight excluding hydrogens is 278 g/mol. The van der Waals surface area contributed by atoms with Gasteiger partial charge in [0.2, 0.25) is 5.78 Å². The summed E-state index contributed by atoms with van der Waals surface area (Å²) in [6, 6.07) is 12.6. The Morgan fingerprint density at radius 3 is 2.14 bits per heavy atom. The van der Waals surface area contributed by atoms with Crippen molar-refractivity contribution in [3.8, 4) is 0 Å². The van der Waals surface area contributed by atoms with E-state index >= 15 is 0 Å². The topological polar surface area (TPSA) is 53.5 Å². The average molecular weight is 295 g/mol. The van der Waals surface area contributed by atoms with Crippen LogP contribution in [0.1, 0.15) is 10.4 Å². The van der Waals surface area contributed by atoms with E-state index in [-0.39, 0.29) is 0 Å². The van der Waals surface area contributed by atoms with Gasteiger partial charge < -0.3 is 9.80 Å². The fourth-order valence-corrected chi connectivity index (χ4v) is 2.58. The van der Waals surface area contributed by atoms with Gasteiger partial charge in [0, 0.05) is 49.8 Å². The maximum Gasteiger partial charge on any atom is 0.295 e. The highest BCUT2D eigenvalue weighted by Crippen LogP contribution is 2.15. The van der Waals surface area contributed by atoms with E-state index in [1.807, 2.05) is 18.2 Å². The van der Waals surface area contributed by atoms with Crippen molar-refractivity contribution < 1.29 is 9.59 Å². The molecular formula is C17H17N3O2. The van der Waals surface area contributed by atoms with E-state index in [2.05, 4.69) is 9.88 Å². The number of carbonyl (C=O) groups excluding carboxylic acids is 2. The molecule has 1 aliphatic rings. The predicted molar refractivity (Wildman–Crippen MR) is 83.8 cm³/mol. The first kappa shape index (κ1) is 14.3. The van der Waals surface area contributed by atoms with Crippen molar-refractivity contribution in [3.63, 3.8) is 0 Å². The van der Waals surface area contributed by atoms with Crippen molar-refractivity contribution in [2.45, 2.75) is 0 Å². The highest BCUT2D eigenvalue weighted by Gasteiger charge is 2.26. The molecule has 1 saturated heterocycles. The summed E-state index contributed by atoms with van der Waals surface area (Å²) in [6.45, 7) is 2.55. The van der Waals surface area contributed by atoms with Gasteiger partial charge in [-0.3, -0.25) is 14.6 Å². The number of aromatic nitrogens is 1. The van der Waals surface area contributed by atoms with Gasteiger partial charge in [0.1, 0.15) is 0 Å². The van der Waals surface area contributed by atoms with E-state index in [4.69, 9.17) is 0 Å². The second-order valence-electron chi connectivity index (χ2n) is 5.18. The molecule has 22 heavy (non-hydrogen) atoms. The summed E-state index contributed by atoms with van der Waals surface area (Å²) in [5.41, 5.74) is 1.54. The summed E-state index contributed by atoms with van der Waals surface area (Å²) in [7, 11) is 0. The number of benzene rings is 1. The van der Waals surface area contributed by atoms with Gasteiger partial charge >= 0.3 is 0 Å². The van der Waals surface area contributed by atoms with E-state index in [1.54, 1.807) is 41.6 Å². The summed E-state index contributed by atoms with van der Waals surface area (Å²) in [5.74, 6) is -0.849. The molecule has 1 fully saturated rings. The van der Waals surface area contributed by atoms with Crippen molar-refractivity contribution in [2.75, 3.05) is 31.1 Å². The van der Waals surface area contributed by atoms with Gasteiger partial charge in [0.15, 0.2) is 0 Å². The van der Waals surface area contributed by atoms with Crippen LogP contribution < -0.4 is 4.90 Å². The van der Waals surface area contributed by atoms with Crippen LogP contribution in [0, 0.1) is 0 Å². The van der Waals surface area contributed by atoms with Crippen LogP contribution in [0.3, 0.4) is 0 Å². The number of ketones is 1. The van der Waals surface area contributed by atoms with Crippen LogP contribution in [0.2, 0.25) is 0 Å². The summed E-state index contributed by atoms with van der Waals surface area (Å²) in [6.07, 6.45) is 3.51. The van der Waals surface area contributed by atoms with Crippen LogP contribution in [-0.2, 0) is 4.79 Å². The minimum absolute atomic E-state index is 0.416. The molecule has 2 aromatic rings. The zero-order valence-electron chi connectivity index (χ0n) is 12.2.